The molecule has 3 heterocycles. The molecule has 0 aliphatic carbocycles. The van der Waals surface area contributed by atoms with Crippen LogP contribution in [0.1, 0.15) is 56.7 Å². The van der Waals surface area contributed by atoms with Crippen LogP contribution in [-0.2, 0) is 0 Å². The Labute approximate surface area is 183 Å². The van der Waals surface area contributed by atoms with Gasteiger partial charge in [0.1, 0.15) is 11.9 Å². The highest BCUT2D eigenvalue weighted by Crippen LogP contribution is 2.26. The highest BCUT2D eigenvalue weighted by Gasteiger charge is 2.22. The van der Waals surface area contributed by atoms with Crippen LogP contribution in [0.15, 0.2) is 30.5 Å². The zero-order valence-corrected chi connectivity index (χ0v) is 19.0. The van der Waals surface area contributed by atoms with Crippen molar-refractivity contribution < 1.29 is 9.47 Å². The molecule has 1 N–H and O–H groups in total. The molecule has 8 nitrogen and oxygen atoms in total. The number of nitrogens with zero attached hydrogens (tertiary/aromatic N) is 5. The molecule has 1 aromatic carbocycles. The lowest BCUT2D eigenvalue weighted by molar-refractivity contribution is 0.105. The van der Waals surface area contributed by atoms with E-state index in [-0.39, 0.29) is 12.1 Å². The van der Waals surface area contributed by atoms with Gasteiger partial charge < -0.3 is 19.7 Å². The number of hydrogen-bond acceptors (Lipinski definition) is 7. The average Bonchev–Trinajstić information content (AvgIpc) is 3.20. The first-order valence-electron chi connectivity index (χ1n) is 11.0. The van der Waals surface area contributed by atoms with Gasteiger partial charge >= 0.3 is 6.01 Å². The molecule has 8 heteroatoms. The smallest absolute Gasteiger partial charge is 0.322 e. The molecule has 1 aliphatic heterocycles. The summed E-state index contributed by atoms with van der Waals surface area (Å²) >= 11 is 0. The van der Waals surface area contributed by atoms with Crippen molar-refractivity contribution in [1.29, 1.82) is 0 Å². The molecule has 0 saturated carbocycles. The molecular weight excluding hydrogens is 392 g/mol. The second kappa shape index (κ2) is 9.09. The first-order chi connectivity index (χ1) is 14.9. The summed E-state index contributed by atoms with van der Waals surface area (Å²) < 4.78 is 13.3. The Hall–Kier alpha value is -2.87. The minimum Gasteiger partial charge on any atom is -0.497 e. The first-order valence-corrected chi connectivity index (χ1v) is 11.0. The van der Waals surface area contributed by atoms with E-state index < -0.39 is 0 Å². The van der Waals surface area contributed by atoms with E-state index in [0.717, 1.165) is 48.5 Å². The molecule has 0 amide bonds. The minimum absolute atomic E-state index is 0.0203. The van der Waals surface area contributed by atoms with Crippen LogP contribution in [-0.4, -0.2) is 57.8 Å². The van der Waals surface area contributed by atoms with Crippen molar-refractivity contribution in [3.8, 4) is 11.8 Å². The van der Waals surface area contributed by atoms with E-state index in [2.05, 4.69) is 43.1 Å². The maximum atomic E-state index is 6.23. The second-order valence-corrected chi connectivity index (χ2v) is 8.58. The lowest BCUT2D eigenvalue weighted by atomic mass is 10.1. The predicted octanol–water partition coefficient (Wildman–Crippen LogP) is 3.90. The number of nitrogens with one attached hydrogen (secondary N) is 1. The number of fused-ring (bicyclic) bond motifs is 1. The number of anilines is 1. The van der Waals surface area contributed by atoms with E-state index in [1.54, 1.807) is 11.6 Å². The summed E-state index contributed by atoms with van der Waals surface area (Å²) in [5.41, 5.74) is 3.00. The van der Waals surface area contributed by atoms with Gasteiger partial charge in [-0.3, -0.25) is 0 Å². The number of piperidine rings is 1. The number of methoxy groups -OCH3 is 1. The van der Waals surface area contributed by atoms with Crippen molar-refractivity contribution in [1.82, 2.24) is 24.5 Å². The first kappa shape index (κ1) is 21.4. The molecule has 3 aromatic rings. The molecule has 1 fully saturated rings. The third kappa shape index (κ3) is 4.74. The van der Waals surface area contributed by atoms with E-state index in [1.165, 1.54) is 0 Å². The molecule has 0 spiro atoms. The zero-order chi connectivity index (χ0) is 22.0. The van der Waals surface area contributed by atoms with Crippen LogP contribution in [0.4, 0.5) is 5.95 Å². The number of ether oxygens (including phenoxy) is 2. The van der Waals surface area contributed by atoms with Gasteiger partial charge in [0.2, 0.25) is 5.95 Å². The Morgan fingerprint density at radius 3 is 2.42 bits per heavy atom. The van der Waals surface area contributed by atoms with Crippen molar-refractivity contribution in [2.24, 2.45) is 0 Å². The summed E-state index contributed by atoms with van der Waals surface area (Å²) in [6.45, 7) is 8.43. The molecule has 31 heavy (non-hydrogen) atoms. The van der Waals surface area contributed by atoms with E-state index >= 15 is 0 Å². The number of benzene rings is 1. The Bertz CT molecular complexity index is 1010. The fraction of sp³-hybridized carbons (Fsp3) is 0.522. The quantitative estimate of drug-likeness (QED) is 0.616. The number of likely N-dealkylation sites (tertiary alicyclic amines) is 1. The molecule has 0 bridgehead atoms. The van der Waals surface area contributed by atoms with Gasteiger partial charge in [0.25, 0.3) is 0 Å². The highest BCUT2D eigenvalue weighted by molar-refractivity contribution is 5.53. The number of rotatable bonds is 7. The topological polar surface area (TPSA) is 76.8 Å². The predicted molar refractivity (Wildman–Crippen MR) is 121 cm³/mol. The second-order valence-electron chi connectivity index (χ2n) is 8.58. The molecule has 0 radical (unpaired) electrons. The molecule has 2 aromatic heterocycles. The van der Waals surface area contributed by atoms with E-state index in [4.69, 9.17) is 19.4 Å². The normalized spacial score (nSPS) is 16.6. The van der Waals surface area contributed by atoms with Crippen molar-refractivity contribution in [3.63, 3.8) is 0 Å². The standard InChI is InChI=1S/C23H32N6O2/c1-15(2)20-14-24-29-21(20)26-23(31-19-10-12-28(4)13-11-19)27-22(29)25-16(3)17-6-8-18(30-5)9-7-17/h6-9,14-16,19H,10-13H2,1-5H3,(H,25,26,27). The fourth-order valence-electron chi connectivity index (χ4n) is 3.85. The molecule has 1 aliphatic rings. The summed E-state index contributed by atoms with van der Waals surface area (Å²) in [5.74, 6) is 1.77. The van der Waals surface area contributed by atoms with Gasteiger partial charge in [-0.05, 0) is 50.4 Å². The van der Waals surface area contributed by atoms with E-state index in [9.17, 15) is 0 Å². The summed E-state index contributed by atoms with van der Waals surface area (Å²) in [5, 5.41) is 8.05. The van der Waals surface area contributed by atoms with Crippen molar-refractivity contribution in [3.05, 3.63) is 41.6 Å². The zero-order valence-electron chi connectivity index (χ0n) is 19.0. The lowest BCUT2D eigenvalue weighted by Gasteiger charge is -2.28. The van der Waals surface area contributed by atoms with Crippen LogP contribution in [0.25, 0.3) is 5.65 Å². The van der Waals surface area contributed by atoms with Gasteiger partial charge in [-0.25, -0.2) is 0 Å². The van der Waals surface area contributed by atoms with Crippen molar-refractivity contribution >= 4 is 11.6 Å². The SMILES string of the molecule is COc1ccc(C(C)Nc2nc(OC3CCN(C)CC3)nc3c(C(C)C)cnn23)cc1. The molecule has 4 rings (SSSR count). The Morgan fingerprint density at radius 1 is 1.06 bits per heavy atom. The third-order valence-corrected chi connectivity index (χ3v) is 5.90. The Balaban J connectivity index is 1.63. The minimum atomic E-state index is 0.0203. The van der Waals surface area contributed by atoms with Crippen LogP contribution < -0.4 is 14.8 Å². The Kier molecular flexibility index (Phi) is 6.27. The molecule has 1 atom stereocenters. The summed E-state index contributed by atoms with van der Waals surface area (Å²) in [6.07, 6.45) is 3.96. The monoisotopic (exact) mass is 424 g/mol. The highest BCUT2D eigenvalue weighted by atomic mass is 16.5. The van der Waals surface area contributed by atoms with Crippen LogP contribution in [0, 0.1) is 0 Å². The fourth-order valence-corrected chi connectivity index (χ4v) is 3.85. The molecule has 166 valence electrons. The van der Waals surface area contributed by atoms with Gasteiger partial charge in [-0.2, -0.15) is 19.6 Å². The number of aromatic nitrogens is 4. The maximum absolute atomic E-state index is 6.23. The van der Waals surface area contributed by atoms with Gasteiger partial charge in [0.05, 0.1) is 19.3 Å². The molecule has 1 unspecified atom stereocenters. The Morgan fingerprint density at radius 2 is 1.77 bits per heavy atom. The number of hydrogen-bond donors (Lipinski definition) is 1. The molecular formula is C23H32N6O2. The largest absolute Gasteiger partial charge is 0.497 e. The van der Waals surface area contributed by atoms with Crippen LogP contribution in [0.2, 0.25) is 0 Å². The third-order valence-electron chi connectivity index (χ3n) is 5.90. The van der Waals surface area contributed by atoms with Crippen LogP contribution >= 0.6 is 0 Å². The van der Waals surface area contributed by atoms with Gasteiger partial charge in [-0.15, -0.1) is 0 Å². The maximum Gasteiger partial charge on any atom is 0.322 e. The van der Waals surface area contributed by atoms with Crippen LogP contribution in [0.5, 0.6) is 11.8 Å². The van der Waals surface area contributed by atoms with Gasteiger partial charge in [-0.1, -0.05) is 26.0 Å². The van der Waals surface area contributed by atoms with Crippen molar-refractivity contribution in [2.45, 2.75) is 51.7 Å². The van der Waals surface area contributed by atoms with Crippen molar-refractivity contribution in [2.75, 3.05) is 32.6 Å². The van der Waals surface area contributed by atoms with E-state index in [1.807, 2.05) is 30.5 Å². The lowest BCUT2D eigenvalue weighted by Crippen LogP contribution is -2.36. The van der Waals surface area contributed by atoms with Gasteiger partial charge in [0, 0.05) is 18.7 Å². The van der Waals surface area contributed by atoms with Crippen LogP contribution in [0.3, 0.4) is 0 Å². The average molecular weight is 425 g/mol. The summed E-state index contributed by atoms with van der Waals surface area (Å²) in [7, 11) is 3.81. The van der Waals surface area contributed by atoms with Gasteiger partial charge in [0.15, 0.2) is 5.65 Å². The van der Waals surface area contributed by atoms with E-state index in [0.29, 0.717) is 17.9 Å². The summed E-state index contributed by atoms with van der Waals surface area (Å²) in [6, 6.07) is 8.45. The summed E-state index contributed by atoms with van der Waals surface area (Å²) in [4.78, 5) is 11.8. The molecule has 1 saturated heterocycles.